The second kappa shape index (κ2) is 5.10. The Morgan fingerprint density at radius 2 is 2.11 bits per heavy atom. The van der Waals surface area contributed by atoms with E-state index >= 15 is 0 Å². The first-order valence-electron chi connectivity index (χ1n) is 6.92. The lowest BCUT2D eigenvalue weighted by Crippen LogP contribution is -2.27. The largest absolute Gasteiger partial charge is 0.311 e. The molecule has 0 saturated heterocycles. The highest BCUT2D eigenvalue weighted by Gasteiger charge is 2.24. The third-order valence-electron chi connectivity index (χ3n) is 4.02. The van der Waals surface area contributed by atoms with Crippen LogP contribution in [0.15, 0.2) is 0 Å². The zero-order valence-corrected chi connectivity index (χ0v) is 10.6. The van der Waals surface area contributed by atoms with Crippen LogP contribution in [0, 0.1) is 5.92 Å². The smallest absolute Gasteiger partial charge is 0.228 e. The predicted octanol–water partition coefficient (Wildman–Crippen LogP) is 1.57. The van der Waals surface area contributed by atoms with Crippen molar-refractivity contribution in [2.24, 2.45) is 5.92 Å². The molecule has 98 valence electrons. The minimum atomic E-state index is 0.155. The van der Waals surface area contributed by atoms with Gasteiger partial charge in [0.15, 0.2) is 5.82 Å². The van der Waals surface area contributed by atoms with Crippen LogP contribution < -0.4 is 10.6 Å². The van der Waals surface area contributed by atoms with Crippen molar-refractivity contribution in [2.75, 3.05) is 11.9 Å². The number of hydrogen-bond donors (Lipinski definition) is 3. The first kappa shape index (κ1) is 11.7. The molecule has 1 aliphatic heterocycles. The van der Waals surface area contributed by atoms with E-state index in [9.17, 15) is 4.79 Å². The predicted molar refractivity (Wildman–Crippen MR) is 69.2 cm³/mol. The number of fused-ring (bicyclic) bond motifs is 1. The maximum atomic E-state index is 12.2. The molecular weight excluding hydrogens is 228 g/mol. The number of aromatic amines is 1. The van der Waals surface area contributed by atoms with E-state index < -0.39 is 0 Å². The Balaban J connectivity index is 1.68. The van der Waals surface area contributed by atoms with Gasteiger partial charge in [-0.05, 0) is 25.8 Å². The average Bonchev–Trinajstić information content (AvgIpc) is 2.83. The molecule has 1 aliphatic carbocycles. The van der Waals surface area contributed by atoms with E-state index in [1.807, 2.05) is 0 Å². The number of H-pyrrole nitrogens is 1. The Hall–Kier alpha value is -1.36. The number of nitrogens with one attached hydrogen (secondary N) is 3. The first-order valence-corrected chi connectivity index (χ1v) is 6.92. The lowest BCUT2D eigenvalue weighted by atomic mass is 9.88. The van der Waals surface area contributed by atoms with Crippen molar-refractivity contribution in [1.82, 2.24) is 15.5 Å². The fraction of sp³-hybridized carbons (Fsp3) is 0.692. The van der Waals surface area contributed by atoms with Crippen LogP contribution in [0.1, 0.15) is 43.4 Å². The molecule has 1 amide bonds. The zero-order valence-electron chi connectivity index (χ0n) is 10.6. The lowest BCUT2D eigenvalue weighted by molar-refractivity contribution is -0.120. The summed E-state index contributed by atoms with van der Waals surface area (Å²) in [7, 11) is 0. The average molecular weight is 248 g/mol. The van der Waals surface area contributed by atoms with E-state index in [0.717, 1.165) is 43.9 Å². The SMILES string of the molecule is O=C(Nc1n[nH]c2c1CCNC2)C1CCCCC1. The fourth-order valence-corrected chi connectivity index (χ4v) is 2.93. The highest BCUT2D eigenvalue weighted by Crippen LogP contribution is 2.26. The van der Waals surface area contributed by atoms with E-state index in [-0.39, 0.29) is 11.8 Å². The van der Waals surface area contributed by atoms with Crippen molar-refractivity contribution < 1.29 is 4.79 Å². The molecule has 0 atom stereocenters. The molecule has 0 radical (unpaired) electrons. The molecule has 18 heavy (non-hydrogen) atoms. The minimum absolute atomic E-state index is 0.155. The van der Waals surface area contributed by atoms with Gasteiger partial charge in [-0.25, -0.2) is 0 Å². The molecule has 2 heterocycles. The molecule has 1 fully saturated rings. The Kier molecular flexibility index (Phi) is 3.32. The van der Waals surface area contributed by atoms with Crippen molar-refractivity contribution in [1.29, 1.82) is 0 Å². The number of nitrogens with zero attached hydrogens (tertiary/aromatic N) is 1. The van der Waals surface area contributed by atoms with Gasteiger partial charge in [0.25, 0.3) is 0 Å². The number of carbonyl (C=O) groups excluding carboxylic acids is 1. The van der Waals surface area contributed by atoms with Crippen molar-refractivity contribution in [2.45, 2.75) is 45.1 Å². The summed E-state index contributed by atoms with van der Waals surface area (Å²) < 4.78 is 0. The van der Waals surface area contributed by atoms with Crippen LogP contribution in [0.3, 0.4) is 0 Å². The number of aromatic nitrogens is 2. The monoisotopic (exact) mass is 248 g/mol. The van der Waals surface area contributed by atoms with Gasteiger partial charge in [0.1, 0.15) is 0 Å². The second-order valence-corrected chi connectivity index (χ2v) is 5.28. The van der Waals surface area contributed by atoms with Gasteiger partial charge in [-0.3, -0.25) is 9.89 Å². The molecule has 2 aliphatic rings. The maximum Gasteiger partial charge on any atom is 0.228 e. The number of carbonyl (C=O) groups is 1. The van der Waals surface area contributed by atoms with Gasteiger partial charge in [0.2, 0.25) is 5.91 Å². The molecule has 1 aromatic heterocycles. The highest BCUT2D eigenvalue weighted by atomic mass is 16.2. The summed E-state index contributed by atoms with van der Waals surface area (Å²) in [6.07, 6.45) is 6.63. The number of rotatable bonds is 2. The molecular formula is C13H20N4O. The van der Waals surface area contributed by atoms with Crippen LogP contribution in [-0.4, -0.2) is 22.6 Å². The molecule has 0 unspecified atom stereocenters. The molecule has 3 N–H and O–H groups in total. The van der Waals surface area contributed by atoms with Gasteiger partial charge in [0.05, 0.1) is 5.69 Å². The van der Waals surface area contributed by atoms with Crippen LogP contribution in [0.5, 0.6) is 0 Å². The topological polar surface area (TPSA) is 69.8 Å². The Morgan fingerprint density at radius 1 is 1.28 bits per heavy atom. The summed E-state index contributed by atoms with van der Waals surface area (Å²) in [5.41, 5.74) is 2.29. The lowest BCUT2D eigenvalue weighted by Gasteiger charge is -2.20. The Morgan fingerprint density at radius 3 is 2.94 bits per heavy atom. The molecule has 5 nitrogen and oxygen atoms in total. The van der Waals surface area contributed by atoms with E-state index in [1.165, 1.54) is 24.8 Å². The van der Waals surface area contributed by atoms with Gasteiger partial charge >= 0.3 is 0 Å². The van der Waals surface area contributed by atoms with Crippen LogP contribution >= 0.6 is 0 Å². The highest BCUT2D eigenvalue weighted by molar-refractivity contribution is 5.92. The van der Waals surface area contributed by atoms with Gasteiger partial charge < -0.3 is 10.6 Å². The Labute approximate surface area is 107 Å². The van der Waals surface area contributed by atoms with E-state index in [2.05, 4.69) is 20.8 Å². The van der Waals surface area contributed by atoms with Crippen LogP contribution in [0.2, 0.25) is 0 Å². The second-order valence-electron chi connectivity index (χ2n) is 5.28. The van der Waals surface area contributed by atoms with Crippen molar-refractivity contribution in [3.05, 3.63) is 11.3 Å². The summed E-state index contributed by atoms with van der Waals surface area (Å²) in [4.78, 5) is 12.2. The quantitative estimate of drug-likeness (QED) is 0.744. The zero-order chi connectivity index (χ0) is 12.4. The molecule has 0 bridgehead atoms. The van der Waals surface area contributed by atoms with Crippen molar-refractivity contribution >= 4 is 11.7 Å². The van der Waals surface area contributed by atoms with Gasteiger partial charge in [-0.1, -0.05) is 19.3 Å². The fourth-order valence-electron chi connectivity index (χ4n) is 2.93. The summed E-state index contributed by atoms with van der Waals surface area (Å²) in [6, 6.07) is 0. The van der Waals surface area contributed by atoms with E-state index in [1.54, 1.807) is 0 Å². The third kappa shape index (κ3) is 2.27. The summed E-state index contributed by atoms with van der Waals surface area (Å²) in [5, 5.41) is 13.5. The van der Waals surface area contributed by atoms with Gasteiger partial charge in [-0.2, -0.15) is 5.10 Å². The van der Waals surface area contributed by atoms with Gasteiger partial charge in [0, 0.05) is 18.0 Å². The van der Waals surface area contributed by atoms with Crippen molar-refractivity contribution in [3.8, 4) is 0 Å². The molecule has 0 aromatic carbocycles. The number of hydrogen-bond acceptors (Lipinski definition) is 3. The molecule has 1 saturated carbocycles. The van der Waals surface area contributed by atoms with E-state index in [0.29, 0.717) is 0 Å². The minimum Gasteiger partial charge on any atom is -0.311 e. The van der Waals surface area contributed by atoms with Crippen LogP contribution in [-0.2, 0) is 17.8 Å². The molecule has 1 aromatic rings. The number of amides is 1. The van der Waals surface area contributed by atoms with E-state index in [4.69, 9.17) is 0 Å². The molecule has 3 rings (SSSR count). The summed E-state index contributed by atoms with van der Waals surface area (Å²) in [6.45, 7) is 1.78. The van der Waals surface area contributed by atoms with Crippen molar-refractivity contribution in [3.63, 3.8) is 0 Å². The maximum absolute atomic E-state index is 12.2. The summed E-state index contributed by atoms with van der Waals surface area (Å²) >= 11 is 0. The first-order chi connectivity index (χ1) is 8.84. The molecule has 0 spiro atoms. The standard InChI is InChI=1S/C13H20N4O/c18-13(9-4-2-1-3-5-9)15-12-10-6-7-14-8-11(10)16-17-12/h9,14H,1-8H2,(H2,15,16,17,18). The third-order valence-corrected chi connectivity index (χ3v) is 4.02. The molecule has 5 heteroatoms. The summed E-state index contributed by atoms with van der Waals surface area (Å²) in [5.74, 6) is 1.09. The Bertz CT molecular complexity index is 434. The van der Waals surface area contributed by atoms with Gasteiger partial charge in [-0.15, -0.1) is 0 Å². The number of anilines is 1. The van der Waals surface area contributed by atoms with Crippen LogP contribution in [0.4, 0.5) is 5.82 Å². The normalized spacial score (nSPS) is 20.4. The van der Waals surface area contributed by atoms with Crippen LogP contribution in [0.25, 0.3) is 0 Å².